The number of anilines is 1. The molecule has 0 aromatic heterocycles. The second-order valence-corrected chi connectivity index (χ2v) is 3.50. The lowest BCUT2D eigenvalue weighted by Gasteiger charge is -2.10. The molecule has 0 fully saturated rings. The molecule has 1 aromatic rings. The molecular formula is C11H19N3O. The summed E-state index contributed by atoms with van der Waals surface area (Å²) in [4.78, 5) is 0. The van der Waals surface area contributed by atoms with Crippen molar-refractivity contribution in [2.24, 2.45) is 5.73 Å². The number of aliphatic hydroxyl groups is 1. The van der Waals surface area contributed by atoms with Crippen LogP contribution in [0.3, 0.4) is 0 Å². The van der Waals surface area contributed by atoms with Crippen molar-refractivity contribution in [2.45, 2.75) is 18.9 Å². The van der Waals surface area contributed by atoms with Crippen molar-refractivity contribution in [1.29, 1.82) is 0 Å². The van der Waals surface area contributed by atoms with Crippen LogP contribution in [0.25, 0.3) is 0 Å². The molecule has 0 aliphatic heterocycles. The number of para-hydroxylation sites is 1. The summed E-state index contributed by atoms with van der Waals surface area (Å²) < 4.78 is 0. The summed E-state index contributed by atoms with van der Waals surface area (Å²) in [6, 6.07) is 9.82. The van der Waals surface area contributed by atoms with Gasteiger partial charge in [-0.3, -0.25) is 0 Å². The summed E-state index contributed by atoms with van der Waals surface area (Å²) in [5.74, 6) is 0. The van der Waals surface area contributed by atoms with Crippen molar-refractivity contribution in [3.8, 4) is 0 Å². The molecule has 0 radical (unpaired) electrons. The van der Waals surface area contributed by atoms with Gasteiger partial charge in [0.1, 0.15) is 0 Å². The van der Waals surface area contributed by atoms with Crippen LogP contribution >= 0.6 is 0 Å². The Labute approximate surface area is 90.5 Å². The zero-order valence-electron chi connectivity index (χ0n) is 8.82. The van der Waals surface area contributed by atoms with E-state index in [-0.39, 0.29) is 12.6 Å². The molecule has 0 aliphatic carbocycles. The number of nitrogens with one attached hydrogen (secondary N) is 2. The summed E-state index contributed by atoms with van der Waals surface area (Å²) in [5.41, 5.74) is 12.8. The third-order valence-corrected chi connectivity index (χ3v) is 2.12. The number of hydrogen-bond donors (Lipinski definition) is 4. The van der Waals surface area contributed by atoms with E-state index in [1.807, 2.05) is 30.3 Å². The first-order valence-corrected chi connectivity index (χ1v) is 5.23. The molecule has 0 spiro atoms. The molecule has 0 heterocycles. The Balaban J connectivity index is 2.03. The quantitative estimate of drug-likeness (QED) is 0.394. The van der Waals surface area contributed by atoms with Gasteiger partial charge in [0, 0.05) is 18.3 Å². The number of hydrazine groups is 1. The molecular weight excluding hydrogens is 190 g/mol. The van der Waals surface area contributed by atoms with Gasteiger partial charge in [0.25, 0.3) is 0 Å². The first-order valence-electron chi connectivity index (χ1n) is 5.23. The number of rotatable bonds is 7. The fraction of sp³-hybridized carbons (Fsp3) is 0.455. The van der Waals surface area contributed by atoms with Gasteiger partial charge in [-0.2, -0.15) is 0 Å². The lowest BCUT2D eigenvalue weighted by Crippen LogP contribution is -2.28. The van der Waals surface area contributed by atoms with E-state index in [9.17, 15) is 0 Å². The second-order valence-electron chi connectivity index (χ2n) is 3.50. The first kappa shape index (κ1) is 12.0. The number of hydrogen-bond acceptors (Lipinski definition) is 4. The van der Waals surface area contributed by atoms with Crippen molar-refractivity contribution >= 4 is 5.69 Å². The van der Waals surface area contributed by atoms with Crippen LogP contribution in [-0.2, 0) is 0 Å². The average molecular weight is 209 g/mol. The van der Waals surface area contributed by atoms with E-state index in [1.54, 1.807) is 0 Å². The third kappa shape index (κ3) is 5.37. The molecule has 1 unspecified atom stereocenters. The molecule has 0 saturated heterocycles. The fourth-order valence-electron chi connectivity index (χ4n) is 1.23. The smallest absolute Gasteiger partial charge is 0.0582 e. The molecule has 0 saturated carbocycles. The van der Waals surface area contributed by atoms with Gasteiger partial charge in [0.05, 0.1) is 6.61 Å². The van der Waals surface area contributed by atoms with Gasteiger partial charge in [0.2, 0.25) is 0 Å². The topological polar surface area (TPSA) is 70.3 Å². The SMILES string of the molecule is NC(CO)CCCNNc1ccccc1. The van der Waals surface area contributed by atoms with Crippen molar-refractivity contribution in [2.75, 3.05) is 18.6 Å². The van der Waals surface area contributed by atoms with Crippen LogP contribution < -0.4 is 16.6 Å². The highest BCUT2D eigenvalue weighted by atomic mass is 16.3. The summed E-state index contributed by atoms with van der Waals surface area (Å²) in [7, 11) is 0. The van der Waals surface area contributed by atoms with Crippen LogP contribution in [0, 0.1) is 0 Å². The lowest BCUT2D eigenvalue weighted by atomic mass is 10.2. The van der Waals surface area contributed by atoms with E-state index < -0.39 is 0 Å². The Morgan fingerprint density at radius 3 is 2.67 bits per heavy atom. The van der Waals surface area contributed by atoms with Crippen LogP contribution in [0.2, 0.25) is 0 Å². The Morgan fingerprint density at radius 1 is 1.27 bits per heavy atom. The van der Waals surface area contributed by atoms with Crippen molar-refractivity contribution in [1.82, 2.24) is 5.43 Å². The summed E-state index contributed by atoms with van der Waals surface area (Å²) >= 11 is 0. The minimum Gasteiger partial charge on any atom is -0.395 e. The molecule has 0 amide bonds. The highest BCUT2D eigenvalue weighted by molar-refractivity contribution is 5.41. The molecule has 1 rings (SSSR count). The predicted molar refractivity (Wildman–Crippen MR) is 62.4 cm³/mol. The maximum atomic E-state index is 8.71. The molecule has 15 heavy (non-hydrogen) atoms. The van der Waals surface area contributed by atoms with Gasteiger partial charge in [-0.25, -0.2) is 5.43 Å². The maximum absolute atomic E-state index is 8.71. The van der Waals surface area contributed by atoms with Crippen molar-refractivity contribution in [3.63, 3.8) is 0 Å². The van der Waals surface area contributed by atoms with Gasteiger partial charge in [0.15, 0.2) is 0 Å². The molecule has 0 bridgehead atoms. The van der Waals surface area contributed by atoms with E-state index in [0.29, 0.717) is 0 Å². The van der Waals surface area contributed by atoms with E-state index in [1.165, 1.54) is 0 Å². The fourth-order valence-corrected chi connectivity index (χ4v) is 1.23. The number of aliphatic hydroxyl groups excluding tert-OH is 1. The van der Waals surface area contributed by atoms with E-state index in [2.05, 4.69) is 10.9 Å². The number of benzene rings is 1. The summed E-state index contributed by atoms with van der Waals surface area (Å²) in [5, 5.41) is 8.71. The minimum atomic E-state index is -0.0940. The lowest BCUT2D eigenvalue weighted by molar-refractivity contribution is 0.258. The van der Waals surface area contributed by atoms with Crippen molar-refractivity contribution in [3.05, 3.63) is 30.3 Å². The van der Waals surface area contributed by atoms with Crippen LogP contribution in [0.15, 0.2) is 30.3 Å². The Bertz CT molecular complexity index is 253. The van der Waals surface area contributed by atoms with E-state index in [4.69, 9.17) is 10.8 Å². The van der Waals surface area contributed by atoms with Gasteiger partial charge < -0.3 is 16.3 Å². The van der Waals surface area contributed by atoms with Crippen LogP contribution in [-0.4, -0.2) is 24.3 Å². The van der Waals surface area contributed by atoms with Crippen LogP contribution in [0.4, 0.5) is 5.69 Å². The van der Waals surface area contributed by atoms with Crippen LogP contribution in [0.5, 0.6) is 0 Å². The average Bonchev–Trinajstić information content (AvgIpc) is 2.29. The minimum absolute atomic E-state index is 0.0616. The molecule has 4 nitrogen and oxygen atoms in total. The monoisotopic (exact) mass is 209 g/mol. The van der Waals surface area contributed by atoms with Gasteiger partial charge in [-0.05, 0) is 25.0 Å². The van der Waals surface area contributed by atoms with E-state index in [0.717, 1.165) is 25.1 Å². The highest BCUT2D eigenvalue weighted by Crippen LogP contribution is 2.02. The second kappa shape index (κ2) is 7.23. The zero-order chi connectivity index (χ0) is 10.9. The number of nitrogens with two attached hydrogens (primary N) is 1. The Kier molecular flexibility index (Phi) is 5.77. The highest BCUT2D eigenvalue weighted by Gasteiger charge is 1.98. The summed E-state index contributed by atoms with van der Waals surface area (Å²) in [6.07, 6.45) is 1.78. The van der Waals surface area contributed by atoms with Crippen LogP contribution in [0.1, 0.15) is 12.8 Å². The molecule has 4 heteroatoms. The Hall–Kier alpha value is -1.10. The van der Waals surface area contributed by atoms with Gasteiger partial charge in [-0.1, -0.05) is 18.2 Å². The largest absolute Gasteiger partial charge is 0.395 e. The first-order chi connectivity index (χ1) is 7.33. The Morgan fingerprint density at radius 2 is 2.00 bits per heavy atom. The molecule has 84 valence electrons. The normalized spacial score (nSPS) is 12.4. The predicted octanol–water partition coefficient (Wildman–Crippen LogP) is 0.703. The zero-order valence-corrected chi connectivity index (χ0v) is 8.82. The standard InChI is InChI=1S/C11H19N3O/c12-10(9-15)5-4-8-13-14-11-6-2-1-3-7-11/h1-3,6-7,10,13-15H,4-5,8-9,12H2. The molecule has 1 aromatic carbocycles. The van der Waals surface area contributed by atoms with Crippen molar-refractivity contribution < 1.29 is 5.11 Å². The van der Waals surface area contributed by atoms with E-state index >= 15 is 0 Å². The third-order valence-electron chi connectivity index (χ3n) is 2.12. The molecule has 0 aliphatic rings. The maximum Gasteiger partial charge on any atom is 0.0582 e. The van der Waals surface area contributed by atoms with Gasteiger partial charge >= 0.3 is 0 Å². The summed E-state index contributed by atoms with van der Waals surface area (Å²) in [6.45, 7) is 0.898. The van der Waals surface area contributed by atoms with Gasteiger partial charge in [-0.15, -0.1) is 0 Å². The molecule has 1 atom stereocenters. The molecule has 5 N–H and O–H groups in total.